The van der Waals surface area contributed by atoms with Crippen LogP contribution in [0.25, 0.3) is 0 Å². The number of ketones is 1. The van der Waals surface area contributed by atoms with Crippen LogP contribution >= 0.6 is 23.2 Å². The van der Waals surface area contributed by atoms with Gasteiger partial charge in [-0.05, 0) is 37.0 Å². The second kappa shape index (κ2) is 4.84. The summed E-state index contributed by atoms with van der Waals surface area (Å²) in [5.74, 6) is 0.417. The molecule has 0 saturated carbocycles. The van der Waals surface area contributed by atoms with E-state index in [4.69, 9.17) is 23.2 Å². The Morgan fingerprint density at radius 2 is 2.00 bits per heavy atom. The molecule has 1 aromatic rings. The van der Waals surface area contributed by atoms with Crippen molar-refractivity contribution in [3.63, 3.8) is 0 Å². The quantitative estimate of drug-likeness (QED) is 0.923. The SMILES string of the molecule is O=C(Cc1c(Cl)cccc1Cl)C1CC2CCC1N2. The fraction of sp³-hybridized carbons (Fsp3) is 0.500. The normalized spacial score (nSPS) is 29.8. The number of Topliss-reactive ketones (excluding diaryl/α,β-unsaturated/α-hetero) is 1. The van der Waals surface area contributed by atoms with Gasteiger partial charge in [-0.3, -0.25) is 4.79 Å². The van der Waals surface area contributed by atoms with Crippen LogP contribution in [0.2, 0.25) is 10.0 Å². The summed E-state index contributed by atoms with van der Waals surface area (Å²) in [6, 6.07) is 6.30. The van der Waals surface area contributed by atoms with Gasteiger partial charge in [0, 0.05) is 34.5 Å². The summed E-state index contributed by atoms with van der Waals surface area (Å²) in [6.45, 7) is 0. The zero-order valence-electron chi connectivity index (χ0n) is 9.96. The number of fused-ring (bicyclic) bond motifs is 2. The van der Waals surface area contributed by atoms with Gasteiger partial charge in [-0.2, -0.15) is 0 Å². The molecular weight excluding hydrogens is 269 g/mol. The average Bonchev–Trinajstić information content (AvgIpc) is 2.96. The monoisotopic (exact) mass is 283 g/mol. The fourth-order valence-electron chi connectivity index (χ4n) is 3.19. The largest absolute Gasteiger partial charge is 0.310 e. The van der Waals surface area contributed by atoms with Crippen LogP contribution in [0.1, 0.15) is 24.8 Å². The highest BCUT2D eigenvalue weighted by Crippen LogP contribution is 2.35. The van der Waals surface area contributed by atoms with E-state index in [1.54, 1.807) is 18.2 Å². The maximum atomic E-state index is 12.4. The topological polar surface area (TPSA) is 29.1 Å². The van der Waals surface area contributed by atoms with Gasteiger partial charge >= 0.3 is 0 Å². The molecule has 2 heterocycles. The number of carbonyl (C=O) groups excluding carboxylic acids is 1. The molecule has 2 saturated heterocycles. The van der Waals surface area contributed by atoms with Gasteiger partial charge < -0.3 is 5.32 Å². The van der Waals surface area contributed by atoms with E-state index in [0.29, 0.717) is 28.5 Å². The molecule has 2 aliphatic heterocycles. The molecule has 96 valence electrons. The molecule has 3 atom stereocenters. The minimum absolute atomic E-state index is 0.149. The van der Waals surface area contributed by atoms with Crippen LogP contribution < -0.4 is 5.32 Å². The molecule has 18 heavy (non-hydrogen) atoms. The van der Waals surface area contributed by atoms with E-state index in [2.05, 4.69) is 5.32 Å². The van der Waals surface area contributed by atoms with E-state index in [-0.39, 0.29) is 11.7 Å². The molecule has 1 N–H and O–H groups in total. The van der Waals surface area contributed by atoms with E-state index in [0.717, 1.165) is 18.4 Å². The second-order valence-electron chi connectivity index (χ2n) is 5.23. The lowest BCUT2D eigenvalue weighted by Crippen LogP contribution is -2.29. The fourth-order valence-corrected chi connectivity index (χ4v) is 3.72. The molecule has 2 fully saturated rings. The first-order chi connectivity index (χ1) is 8.65. The highest BCUT2D eigenvalue weighted by molar-refractivity contribution is 6.36. The standard InChI is InChI=1S/C14H15Cl2NO/c15-11-2-1-3-12(16)9(11)7-14(18)10-6-8-4-5-13(10)17-8/h1-3,8,10,13,17H,4-7H2. The molecule has 0 radical (unpaired) electrons. The number of hydrogen-bond acceptors (Lipinski definition) is 2. The number of carbonyl (C=O) groups is 1. The first kappa shape index (κ1) is 12.5. The summed E-state index contributed by atoms with van der Waals surface area (Å²) in [5, 5.41) is 4.67. The first-order valence-corrected chi connectivity index (χ1v) is 7.12. The van der Waals surface area contributed by atoms with Gasteiger partial charge in [0.25, 0.3) is 0 Å². The third kappa shape index (κ3) is 2.18. The summed E-state index contributed by atoms with van der Waals surface area (Å²) < 4.78 is 0. The van der Waals surface area contributed by atoms with Gasteiger partial charge in [0.2, 0.25) is 0 Å². The Labute approximate surface area is 117 Å². The van der Waals surface area contributed by atoms with E-state index in [9.17, 15) is 4.79 Å². The van der Waals surface area contributed by atoms with Crippen molar-refractivity contribution in [2.75, 3.05) is 0 Å². The maximum absolute atomic E-state index is 12.4. The van der Waals surface area contributed by atoms with E-state index in [1.807, 2.05) is 0 Å². The lowest BCUT2D eigenvalue weighted by atomic mass is 9.84. The van der Waals surface area contributed by atoms with Gasteiger partial charge in [0.05, 0.1) is 0 Å². The number of halogens is 2. The summed E-state index contributed by atoms with van der Waals surface area (Å²) in [7, 11) is 0. The smallest absolute Gasteiger partial charge is 0.142 e. The van der Waals surface area contributed by atoms with Crippen molar-refractivity contribution in [3.8, 4) is 0 Å². The van der Waals surface area contributed by atoms with Crippen molar-refractivity contribution < 1.29 is 4.79 Å². The van der Waals surface area contributed by atoms with Crippen molar-refractivity contribution in [3.05, 3.63) is 33.8 Å². The molecule has 3 unspecified atom stereocenters. The van der Waals surface area contributed by atoms with Crippen LogP contribution in [0.15, 0.2) is 18.2 Å². The Bertz CT molecular complexity index is 468. The highest BCUT2D eigenvalue weighted by Gasteiger charge is 2.42. The molecule has 2 bridgehead atoms. The summed E-state index contributed by atoms with van der Waals surface area (Å²) in [6.07, 6.45) is 3.66. The molecule has 1 aromatic carbocycles. The Kier molecular flexibility index (Phi) is 3.35. The Balaban J connectivity index is 1.75. The van der Waals surface area contributed by atoms with Gasteiger partial charge in [0.1, 0.15) is 5.78 Å². The van der Waals surface area contributed by atoms with Crippen molar-refractivity contribution in [2.24, 2.45) is 5.92 Å². The molecule has 0 amide bonds. The maximum Gasteiger partial charge on any atom is 0.142 e. The average molecular weight is 284 g/mol. The second-order valence-corrected chi connectivity index (χ2v) is 6.05. The van der Waals surface area contributed by atoms with E-state index < -0.39 is 0 Å². The number of rotatable bonds is 3. The molecular formula is C14H15Cl2NO. The molecule has 0 spiro atoms. The van der Waals surface area contributed by atoms with E-state index in [1.165, 1.54) is 6.42 Å². The number of nitrogens with one attached hydrogen (secondary N) is 1. The van der Waals surface area contributed by atoms with Crippen molar-refractivity contribution >= 4 is 29.0 Å². The molecule has 4 heteroatoms. The summed E-state index contributed by atoms with van der Waals surface area (Å²) in [5.41, 5.74) is 0.772. The van der Waals surface area contributed by atoms with Crippen LogP contribution in [0.5, 0.6) is 0 Å². The van der Waals surface area contributed by atoms with E-state index >= 15 is 0 Å². The molecule has 2 nitrogen and oxygen atoms in total. The zero-order chi connectivity index (χ0) is 12.7. The van der Waals surface area contributed by atoms with Crippen LogP contribution in [0, 0.1) is 5.92 Å². The predicted octanol–water partition coefficient (Wildman–Crippen LogP) is 3.25. The number of hydrogen-bond donors (Lipinski definition) is 1. The van der Waals surface area contributed by atoms with Crippen molar-refractivity contribution in [2.45, 2.75) is 37.8 Å². The third-order valence-corrected chi connectivity index (χ3v) is 4.83. The zero-order valence-corrected chi connectivity index (χ0v) is 11.5. The van der Waals surface area contributed by atoms with Crippen LogP contribution in [-0.4, -0.2) is 17.9 Å². The Morgan fingerprint density at radius 1 is 1.28 bits per heavy atom. The molecule has 3 rings (SSSR count). The van der Waals surface area contributed by atoms with Gasteiger partial charge in [-0.25, -0.2) is 0 Å². The summed E-state index contributed by atoms with van der Waals surface area (Å²) >= 11 is 12.2. The summed E-state index contributed by atoms with van der Waals surface area (Å²) in [4.78, 5) is 12.4. The van der Waals surface area contributed by atoms with Crippen molar-refractivity contribution in [1.82, 2.24) is 5.32 Å². The molecule has 0 aliphatic carbocycles. The predicted molar refractivity (Wildman–Crippen MR) is 73.2 cm³/mol. The van der Waals surface area contributed by atoms with Gasteiger partial charge in [0.15, 0.2) is 0 Å². The van der Waals surface area contributed by atoms with Gasteiger partial charge in [-0.15, -0.1) is 0 Å². The minimum Gasteiger partial charge on any atom is -0.310 e. The Hall–Kier alpha value is -0.570. The van der Waals surface area contributed by atoms with Gasteiger partial charge in [-0.1, -0.05) is 29.3 Å². The minimum atomic E-state index is 0.149. The molecule has 0 aromatic heterocycles. The lowest BCUT2D eigenvalue weighted by Gasteiger charge is -2.19. The van der Waals surface area contributed by atoms with Crippen molar-refractivity contribution in [1.29, 1.82) is 0 Å². The van der Waals surface area contributed by atoms with Crippen LogP contribution in [0.3, 0.4) is 0 Å². The van der Waals surface area contributed by atoms with Crippen LogP contribution in [0.4, 0.5) is 0 Å². The third-order valence-electron chi connectivity index (χ3n) is 4.13. The lowest BCUT2D eigenvalue weighted by molar-refractivity contribution is -0.122. The first-order valence-electron chi connectivity index (χ1n) is 6.37. The molecule has 2 aliphatic rings. The highest BCUT2D eigenvalue weighted by atomic mass is 35.5. The number of benzene rings is 1. The van der Waals surface area contributed by atoms with Crippen LogP contribution in [-0.2, 0) is 11.2 Å². The Morgan fingerprint density at radius 3 is 2.56 bits per heavy atom.